The normalized spacial score (nSPS) is 11.5. The van der Waals surface area contributed by atoms with Gasteiger partial charge in [-0.3, -0.25) is 10.1 Å². The van der Waals surface area contributed by atoms with E-state index in [2.05, 4.69) is 10.1 Å². The van der Waals surface area contributed by atoms with E-state index in [0.717, 1.165) is 28.4 Å². The zero-order chi connectivity index (χ0) is 17.1. The van der Waals surface area contributed by atoms with Crippen molar-refractivity contribution >= 4 is 11.4 Å². The molecule has 2 aromatic carbocycles. The SMILES string of the molecule is C/C(=N\n1cc(-c2ccccc2)nc1C)c1ccc([N+](=O)[O-])cc1. The highest BCUT2D eigenvalue weighted by molar-refractivity contribution is 5.98. The summed E-state index contributed by atoms with van der Waals surface area (Å²) in [4.78, 5) is 14.8. The molecule has 0 saturated carbocycles. The zero-order valence-electron chi connectivity index (χ0n) is 13.4. The van der Waals surface area contributed by atoms with Gasteiger partial charge in [0.25, 0.3) is 5.69 Å². The number of hydrogen-bond donors (Lipinski definition) is 0. The van der Waals surface area contributed by atoms with Gasteiger partial charge in [-0.05, 0) is 31.5 Å². The Morgan fingerprint density at radius 3 is 2.42 bits per heavy atom. The van der Waals surface area contributed by atoms with Crippen molar-refractivity contribution in [2.45, 2.75) is 13.8 Å². The molecule has 0 amide bonds. The Bertz CT molecular complexity index is 897. The molecule has 0 aliphatic heterocycles. The van der Waals surface area contributed by atoms with E-state index in [9.17, 15) is 10.1 Å². The molecule has 0 unspecified atom stereocenters. The maximum atomic E-state index is 10.7. The van der Waals surface area contributed by atoms with Crippen molar-refractivity contribution in [2.24, 2.45) is 5.10 Å². The van der Waals surface area contributed by atoms with Crippen LogP contribution >= 0.6 is 0 Å². The average Bonchev–Trinajstić information content (AvgIpc) is 2.96. The third kappa shape index (κ3) is 3.22. The van der Waals surface area contributed by atoms with Crippen LogP contribution in [0.5, 0.6) is 0 Å². The molecule has 3 rings (SSSR count). The van der Waals surface area contributed by atoms with Gasteiger partial charge in [-0.25, -0.2) is 9.66 Å². The van der Waals surface area contributed by atoms with E-state index in [0.29, 0.717) is 0 Å². The number of hydrogen-bond acceptors (Lipinski definition) is 4. The standard InChI is InChI=1S/C18H16N4O2/c1-13(15-8-10-17(11-9-15)22(23)24)20-21-12-18(19-14(21)2)16-6-4-3-5-7-16/h3-12H,1-2H3/b20-13+. The van der Waals surface area contributed by atoms with Crippen LogP contribution in [-0.2, 0) is 0 Å². The van der Waals surface area contributed by atoms with Gasteiger partial charge in [-0.1, -0.05) is 30.3 Å². The van der Waals surface area contributed by atoms with E-state index in [4.69, 9.17) is 0 Å². The average molecular weight is 320 g/mol. The number of nitrogens with zero attached hydrogens (tertiary/aromatic N) is 4. The first-order valence-corrected chi connectivity index (χ1v) is 7.46. The van der Waals surface area contributed by atoms with Crippen LogP contribution in [-0.4, -0.2) is 20.3 Å². The monoisotopic (exact) mass is 320 g/mol. The lowest BCUT2D eigenvalue weighted by atomic mass is 10.1. The molecule has 120 valence electrons. The molecule has 0 spiro atoms. The highest BCUT2D eigenvalue weighted by Crippen LogP contribution is 2.18. The molecular weight excluding hydrogens is 304 g/mol. The molecule has 1 aromatic heterocycles. The first-order chi connectivity index (χ1) is 11.5. The van der Waals surface area contributed by atoms with Crippen molar-refractivity contribution < 1.29 is 4.92 Å². The van der Waals surface area contributed by atoms with Crippen LogP contribution in [0, 0.1) is 17.0 Å². The second kappa shape index (κ2) is 6.45. The van der Waals surface area contributed by atoms with Gasteiger partial charge in [-0.2, -0.15) is 5.10 Å². The molecule has 0 aliphatic rings. The predicted molar refractivity (Wildman–Crippen MR) is 93.1 cm³/mol. The maximum absolute atomic E-state index is 10.7. The summed E-state index contributed by atoms with van der Waals surface area (Å²) in [7, 11) is 0. The minimum absolute atomic E-state index is 0.0664. The van der Waals surface area contributed by atoms with Gasteiger partial charge in [0.1, 0.15) is 5.82 Å². The van der Waals surface area contributed by atoms with Crippen LogP contribution in [0.2, 0.25) is 0 Å². The second-order valence-electron chi connectivity index (χ2n) is 5.37. The smallest absolute Gasteiger partial charge is 0.258 e. The van der Waals surface area contributed by atoms with Gasteiger partial charge < -0.3 is 0 Å². The van der Waals surface area contributed by atoms with Gasteiger partial charge in [0, 0.05) is 17.7 Å². The molecule has 24 heavy (non-hydrogen) atoms. The summed E-state index contributed by atoms with van der Waals surface area (Å²) in [5.74, 6) is 0.773. The molecule has 0 aliphatic carbocycles. The topological polar surface area (TPSA) is 73.3 Å². The number of rotatable bonds is 4. The molecule has 0 atom stereocenters. The zero-order valence-corrected chi connectivity index (χ0v) is 13.4. The lowest BCUT2D eigenvalue weighted by Gasteiger charge is -2.02. The quantitative estimate of drug-likeness (QED) is 0.414. The molecule has 6 heteroatoms. The number of aryl methyl sites for hydroxylation is 1. The third-order valence-electron chi connectivity index (χ3n) is 3.68. The highest BCUT2D eigenvalue weighted by Gasteiger charge is 2.08. The lowest BCUT2D eigenvalue weighted by Crippen LogP contribution is -2.00. The summed E-state index contributed by atoms with van der Waals surface area (Å²) >= 11 is 0. The van der Waals surface area contributed by atoms with Gasteiger partial charge in [0.05, 0.1) is 22.5 Å². The van der Waals surface area contributed by atoms with Crippen LogP contribution in [0.3, 0.4) is 0 Å². The van der Waals surface area contributed by atoms with Crippen molar-refractivity contribution in [3.63, 3.8) is 0 Å². The van der Waals surface area contributed by atoms with Crippen LogP contribution < -0.4 is 0 Å². The molecule has 1 heterocycles. The summed E-state index contributed by atoms with van der Waals surface area (Å²) in [5.41, 5.74) is 3.53. The first-order valence-electron chi connectivity index (χ1n) is 7.46. The molecular formula is C18H16N4O2. The Morgan fingerprint density at radius 2 is 1.79 bits per heavy atom. The Balaban J connectivity index is 1.90. The summed E-state index contributed by atoms with van der Waals surface area (Å²) in [6, 6.07) is 16.2. The number of aromatic nitrogens is 2. The molecule has 0 N–H and O–H groups in total. The highest BCUT2D eigenvalue weighted by atomic mass is 16.6. The molecule has 0 fully saturated rings. The minimum Gasteiger partial charge on any atom is -0.258 e. The fourth-order valence-corrected chi connectivity index (χ4v) is 2.36. The van der Waals surface area contributed by atoms with Crippen LogP contribution in [0.25, 0.3) is 11.3 Å². The van der Waals surface area contributed by atoms with Crippen molar-refractivity contribution in [1.82, 2.24) is 9.66 Å². The van der Waals surface area contributed by atoms with Crippen LogP contribution in [0.4, 0.5) is 5.69 Å². The van der Waals surface area contributed by atoms with E-state index in [-0.39, 0.29) is 5.69 Å². The fraction of sp³-hybridized carbons (Fsp3) is 0.111. The van der Waals surface area contributed by atoms with E-state index in [1.807, 2.05) is 50.4 Å². The second-order valence-corrected chi connectivity index (χ2v) is 5.37. The molecule has 0 radical (unpaired) electrons. The molecule has 0 saturated heterocycles. The summed E-state index contributed by atoms with van der Waals surface area (Å²) in [6.45, 7) is 3.75. The number of nitro groups is 1. The van der Waals surface area contributed by atoms with Crippen LogP contribution in [0.15, 0.2) is 65.9 Å². The van der Waals surface area contributed by atoms with Gasteiger partial charge in [0.2, 0.25) is 0 Å². The van der Waals surface area contributed by atoms with Crippen molar-refractivity contribution in [3.05, 3.63) is 82.3 Å². The third-order valence-corrected chi connectivity index (χ3v) is 3.68. The van der Waals surface area contributed by atoms with E-state index >= 15 is 0 Å². The van der Waals surface area contributed by atoms with Crippen LogP contribution in [0.1, 0.15) is 18.3 Å². The van der Waals surface area contributed by atoms with Crippen molar-refractivity contribution in [2.75, 3.05) is 0 Å². The van der Waals surface area contributed by atoms with Crippen molar-refractivity contribution in [1.29, 1.82) is 0 Å². The number of benzene rings is 2. The molecule has 3 aromatic rings. The Hall–Kier alpha value is -3.28. The van der Waals surface area contributed by atoms with Gasteiger partial charge >= 0.3 is 0 Å². The maximum Gasteiger partial charge on any atom is 0.269 e. The van der Waals surface area contributed by atoms with Crippen molar-refractivity contribution in [3.8, 4) is 11.3 Å². The van der Waals surface area contributed by atoms with E-state index < -0.39 is 4.92 Å². The molecule has 0 bridgehead atoms. The molecule has 6 nitrogen and oxygen atoms in total. The number of nitro benzene ring substituents is 1. The first kappa shape index (κ1) is 15.6. The summed E-state index contributed by atoms with van der Waals surface area (Å²) in [6.07, 6.45) is 1.87. The summed E-state index contributed by atoms with van der Waals surface area (Å²) in [5, 5.41) is 15.3. The van der Waals surface area contributed by atoms with Gasteiger partial charge in [0.15, 0.2) is 0 Å². The van der Waals surface area contributed by atoms with Gasteiger partial charge in [-0.15, -0.1) is 0 Å². The Kier molecular flexibility index (Phi) is 4.20. The largest absolute Gasteiger partial charge is 0.269 e. The Labute approximate surface area is 139 Å². The summed E-state index contributed by atoms with van der Waals surface area (Å²) < 4.78 is 1.72. The fourth-order valence-electron chi connectivity index (χ4n) is 2.36. The minimum atomic E-state index is -0.414. The van der Waals surface area contributed by atoms with E-state index in [1.54, 1.807) is 16.8 Å². The number of imidazole rings is 1. The number of non-ortho nitro benzene ring substituents is 1. The Morgan fingerprint density at radius 1 is 1.12 bits per heavy atom. The predicted octanol–water partition coefficient (Wildman–Crippen LogP) is 4.04. The van der Waals surface area contributed by atoms with E-state index in [1.165, 1.54) is 12.1 Å². The lowest BCUT2D eigenvalue weighted by molar-refractivity contribution is -0.384.